The van der Waals surface area contributed by atoms with E-state index >= 15 is 0 Å². The first-order chi connectivity index (χ1) is 8.58. The normalized spacial score (nSPS) is 18.9. The maximum atomic E-state index is 13.5. The van der Waals surface area contributed by atoms with E-state index in [2.05, 4.69) is 21.2 Å². The Morgan fingerprint density at radius 3 is 2.67 bits per heavy atom. The van der Waals surface area contributed by atoms with Crippen molar-refractivity contribution in [1.29, 1.82) is 0 Å². The van der Waals surface area contributed by atoms with E-state index in [1.54, 1.807) is 0 Å². The minimum atomic E-state index is -0.873. The number of carbonyl (C=O) groups excluding carboxylic acids is 1. The van der Waals surface area contributed by atoms with Gasteiger partial charge in [0.15, 0.2) is 0 Å². The molecule has 0 aliphatic carbocycles. The van der Waals surface area contributed by atoms with Crippen molar-refractivity contribution in [2.45, 2.75) is 6.42 Å². The molecule has 6 heteroatoms. The summed E-state index contributed by atoms with van der Waals surface area (Å²) in [5.74, 6) is -2.26. The van der Waals surface area contributed by atoms with Crippen LogP contribution in [0.5, 0.6) is 0 Å². The van der Waals surface area contributed by atoms with Crippen LogP contribution in [0, 0.1) is 17.6 Å². The van der Waals surface area contributed by atoms with Crippen molar-refractivity contribution >= 4 is 21.8 Å². The topological polar surface area (TPSA) is 38.3 Å². The van der Waals surface area contributed by atoms with E-state index < -0.39 is 23.1 Å². The molecule has 0 spiro atoms. The second-order valence-corrected chi connectivity index (χ2v) is 5.10. The summed E-state index contributed by atoms with van der Waals surface area (Å²) in [6.07, 6.45) is 0.853. The molecule has 0 saturated carbocycles. The number of carbonyl (C=O) groups is 1. The number of amides is 1. The van der Waals surface area contributed by atoms with Gasteiger partial charge in [-0.3, -0.25) is 4.79 Å². The van der Waals surface area contributed by atoms with Gasteiger partial charge >= 0.3 is 0 Å². The highest BCUT2D eigenvalue weighted by Crippen LogP contribution is 2.19. The first-order valence-electron chi connectivity index (χ1n) is 5.58. The third-order valence-corrected chi connectivity index (χ3v) is 3.27. The van der Waals surface area contributed by atoms with Crippen LogP contribution in [-0.2, 0) is 4.74 Å². The molecule has 0 aromatic heterocycles. The van der Waals surface area contributed by atoms with Crippen molar-refractivity contribution in [1.82, 2.24) is 5.32 Å². The molecule has 3 nitrogen and oxygen atoms in total. The van der Waals surface area contributed by atoms with Crippen LogP contribution in [0.1, 0.15) is 16.8 Å². The summed E-state index contributed by atoms with van der Waals surface area (Å²) in [4.78, 5) is 11.7. The van der Waals surface area contributed by atoms with Gasteiger partial charge in [-0.1, -0.05) is 15.9 Å². The average Bonchev–Trinajstić information content (AvgIpc) is 2.77. The fourth-order valence-corrected chi connectivity index (χ4v) is 2.23. The Hall–Kier alpha value is -1.01. The minimum Gasteiger partial charge on any atom is -0.381 e. The van der Waals surface area contributed by atoms with Crippen LogP contribution in [0.4, 0.5) is 8.78 Å². The molecule has 1 aromatic carbocycles. The molecule has 1 aliphatic heterocycles. The monoisotopic (exact) mass is 319 g/mol. The summed E-state index contributed by atoms with van der Waals surface area (Å²) in [5.41, 5.74) is -0.544. The molecule has 0 radical (unpaired) electrons. The van der Waals surface area contributed by atoms with Crippen molar-refractivity contribution in [2.75, 3.05) is 19.8 Å². The molecule has 1 amide bonds. The number of rotatable bonds is 3. The van der Waals surface area contributed by atoms with Gasteiger partial charge in [0.1, 0.15) is 17.2 Å². The number of hydrogen-bond donors (Lipinski definition) is 1. The molecule has 1 aromatic rings. The molecule has 1 fully saturated rings. The molecule has 1 unspecified atom stereocenters. The summed E-state index contributed by atoms with van der Waals surface area (Å²) >= 11 is 2.96. The summed E-state index contributed by atoms with van der Waals surface area (Å²) in [6, 6.07) is 2.13. The van der Waals surface area contributed by atoms with Gasteiger partial charge in [-0.2, -0.15) is 0 Å². The van der Waals surface area contributed by atoms with E-state index in [9.17, 15) is 13.6 Å². The number of ether oxygens (including phenoxy) is 1. The molecular formula is C12H12BrF2NO2. The third kappa shape index (κ3) is 3.05. The predicted octanol–water partition coefficient (Wildman–Crippen LogP) is 2.49. The van der Waals surface area contributed by atoms with E-state index in [1.807, 2.05) is 0 Å². The Labute approximate surface area is 112 Å². The van der Waals surface area contributed by atoms with Gasteiger partial charge in [-0.15, -0.1) is 0 Å². The summed E-state index contributed by atoms with van der Waals surface area (Å²) in [5, 5.41) is 2.53. The van der Waals surface area contributed by atoms with Crippen molar-refractivity contribution < 1.29 is 18.3 Å². The van der Waals surface area contributed by atoms with Crippen molar-refractivity contribution in [3.63, 3.8) is 0 Å². The molecule has 98 valence electrons. The van der Waals surface area contributed by atoms with E-state index in [0.717, 1.165) is 18.6 Å². The fraction of sp³-hybridized carbons (Fsp3) is 0.417. The molecule has 0 bridgehead atoms. The van der Waals surface area contributed by atoms with Gasteiger partial charge in [-0.25, -0.2) is 8.78 Å². The molecule has 1 N–H and O–H groups in total. The Balaban J connectivity index is 2.04. The Kier molecular flexibility index (Phi) is 4.29. The largest absolute Gasteiger partial charge is 0.381 e. The lowest BCUT2D eigenvalue weighted by molar-refractivity contribution is 0.0936. The lowest BCUT2D eigenvalue weighted by Crippen LogP contribution is -2.30. The second kappa shape index (κ2) is 5.75. The van der Waals surface area contributed by atoms with Crippen LogP contribution in [-0.4, -0.2) is 25.7 Å². The molecular weight excluding hydrogens is 308 g/mol. The van der Waals surface area contributed by atoms with Crippen LogP contribution in [0.2, 0.25) is 0 Å². The molecule has 18 heavy (non-hydrogen) atoms. The van der Waals surface area contributed by atoms with Gasteiger partial charge in [0.25, 0.3) is 5.91 Å². The Bertz CT molecular complexity index is 438. The zero-order chi connectivity index (χ0) is 13.1. The Morgan fingerprint density at radius 1 is 1.44 bits per heavy atom. The lowest BCUT2D eigenvalue weighted by atomic mass is 10.1. The smallest absolute Gasteiger partial charge is 0.257 e. The van der Waals surface area contributed by atoms with Crippen molar-refractivity contribution in [3.05, 3.63) is 33.8 Å². The van der Waals surface area contributed by atoms with Crippen molar-refractivity contribution in [2.24, 2.45) is 5.92 Å². The fourth-order valence-electron chi connectivity index (χ4n) is 1.83. The zero-order valence-corrected chi connectivity index (χ0v) is 11.1. The second-order valence-electron chi connectivity index (χ2n) is 4.18. The maximum Gasteiger partial charge on any atom is 0.257 e. The summed E-state index contributed by atoms with van der Waals surface area (Å²) in [7, 11) is 0. The highest BCUT2D eigenvalue weighted by atomic mass is 79.9. The minimum absolute atomic E-state index is 0.218. The number of nitrogens with one attached hydrogen (secondary N) is 1. The molecule has 1 aliphatic rings. The van der Waals surface area contributed by atoms with Gasteiger partial charge < -0.3 is 10.1 Å². The first kappa shape index (κ1) is 13.4. The molecule has 2 rings (SSSR count). The Morgan fingerprint density at radius 2 is 2.11 bits per heavy atom. The highest BCUT2D eigenvalue weighted by molar-refractivity contribution is 9.10. The van der Waals surface area contributed by atoms with E-state index in [0.29, 0.717) is 19.8 Å². The summed E-state index contributed by atoms with van der Waals surface area (Å²) < 4.78 is 32.4. The van der Waals surface area contributed by atoms with Crippen LogP contribution in [0.25, 0.3) is 0 Å². The van der Waals surface area contributed by atoms with Gasteiger partial charge in [0.05, 0.1) is 6.61 Å². The average molecular weight is 320 g/mol. The zero-order valence-electron chi connectivity index (χ0n) is 9.51. The quantitative estimate of drug-likeness (QED) is 0.929. The molecule has 1 saturated heterocycles. The number of halogens is 3. The lowest BCUT2D eigenvalue weighted by Gasteiger charge is -2.10. The number of benzene rings is 1. The summed E-state index contributed by atoms with van der Waals surface area (Å²) in [6.45, 7) is 1.61. The van der Waals surface area contributed by atoms with Gasteiger partial charge in [0.2, 0.25) is 0 Å². The van der Waals surface area contributed by atoms with Gasteiger partial charge in [-0.05, 0) is 18.6 Å². The number of hydrogen-bond acceptors (Lipinski definition) is 2. The van der Waals surface area contributed by atoms with Crippen LogP contribution in [0.3, 0.4) is 0 Å². The SMILES string of the molecule is O=C(NCC1CCOC1)c1c(F)cc(Br)cc1F. The van der Waals surface area contributed by atoms with Crippen LogP contribution >= 0.6 is 15.9 Å². The van der Waals surface area contributed by atoms with Crippen LogP contribution < -0.4 is 5.32 Å². The molecule has 1 heterocycles. The predicted molar refractivity (Wildman–Crippen MR) is 65.3 cm³/mol. The van der Waals surface area contributed by atoms with Gasteiger partial charge in [0, 0.05) is 23.5 Å². The highest BCUT2D eigenvalue weighted by Gasteiger charge is 2.21. The first-order valence-corrected chi connectivity index (χ1v) is 6.37. The maximum absolute atomic E-state index is 13.5. The van der Waals surface area contributed by atoms with E-state index in [1.165, 1.54) is 0 Å². The van der Waals surface area contributed by atoms with Crippen molar-refractivity contribution in [3.8, 4) is 0 Å². The third-order valence-electron chi connectivity index (χ3n) is 2.81. The van der Waals surface area contributed by atoms with Crippen LogP contribution in [0.15, 0.2) is 16.6 Å². The van der Waals surface area contributed by atoms with E-state index in [4.69, 9.17) is 4.74 Å². The standard InChI is InChI=1S/C12H12BrF2NO2/c13-8-3-9(14)11(10(15)4-8)12(17)16-5-7-1-2-18-6-7/h3-4,7H,1-2,5-6H2,(H,16,17). The molecule has 1 atom stereocenters. The van der Waals surface area contributed by atoms with E-state index in [-0.39, 0.29) is 10.4 Å².